The number of carbonyl (C=O) groups excluding carboxylic acids is 4. The second-order valence-electron chi connectivity index (χ2n) is 4.43. The smallest absolute Gasteiger partial charge is 0.481 e. The highest BCUT2D eigenvalue weighted by Crippen LogP contribution is 1.51. The van der Waals surface area contributed by atoms with E-state index in [0.29, 0.717) is 0 Å². The normalized spacial score (nSPS) is 6.38. The second kappa shape index (κ2) is 32.4. The van der Waals surface area contributed by atoms with E-state index in [4.69, 9.17) is 24.9 Å². The molecule has 0 saturated heterocycles. The summed E-state index contributed by atoms with van der Waals surface area (Å²) < 4.78 is 0. The first-order chi connectivity index (χ1) is 10.4. The van der Waals surface area contributed by atoms with E-state index in [9.17, 15) is 19.2 Å². The van der Waals surface area contributed by atoms with Gasteiger partial charge in [-0.25, -0.2) is 4.79 Å². The van der Waals surface area contributed by atoms with E-state index in [-0.39, 0.29) is 23.1 Å². The molecule has 0 aliphatic rings. The molecule has 0 aromatic carbocycles. The zero-order valence-corrected chi connectivity index (χ0v) is 15.8. The first kappa shape index (κ1) is 37.6. The van der Waals surface area contributed by atoms with Gasteiger partial charge in [0.1, 0.15) is 23.1 Å². The van der Waals surface area contributed by atoms with Gasteiger partial charge in [-0.2, -0.15) is 0 Å². The van der Waals surface area contributed by atoms with E-state index in [1.807, 2.05) is 0 Å². The van der Waals surface area contributed by atoms with Gasteiger partial charge >= 0.3 is 6.16 Å². The third kappa shape index (κ3) is 990. The fraction of sp³-hybridized carbons (Fsp3) is 0.600. The van der Waals surface area contributed by atoms with Crippen LogP contribution in [0.4, 0.5) is 4.79 Å². The molecule has 0 radical (unpaired) electrons. The van der Waals surface area contributed by atoms with Crippen LogP contribution in [-0.2, 0) is 24.0 Å². The summed E-state index contributed by atoms with van der Waals surface area (Å²) in [6.07, 6.45) is -1.83. The fourth-order valence-corrected chi connectivity index (χ4v) is 0. The summed E-state index contributed by atoms with van der Waals surface area (Å²) >= 11 is 0. The molecule has 3 N–H and O–H groups in total. The molecule has 0 saturated carbocycles. The summed E-state index contributed by atoms with van der Waals surface area (Å²) in [5.74, 6) is -0.167. The van der Waals surface area contributed by atoms with Crippen molar-refractivity contribution in [3.05, 3.63) is 0 Å². The molecule has 0 heterocycles. The zero-order chi connectivity index (χ0) is 21.5. The molecule has 0 rings (SSSR count). The van der Waals surface area contributed by atoms with Crippen molar-refractivity contribution in [3.8, 4) is 0 Å². The molecule has 9 heteroatoms. The van der Waals surface area contributed by atoms with E-state index in [1.165, 1.54) is 55.4 Å². The minimum absolute atomic E-state index is 0.167. The van der Waals surface area contributed by atoms with E-state index in [1.54, 1.807) is 0 Å². The first-order valence-corrected chi connectivity index (χ1v) is 6.40. The predicted molar refractivity (Wildman–Crippen MR) is 89.4 cm³/mol. The van der Waals surface area contributed by atoms with Crippen LogP contribution < -0.4 is 0 Å². The van der Waals surface area contributed by atoms with Crippen molar-refractivity contribution in [2.24, 2.45) is 0 Å². The number of carbonyl (C=O) groups is 6. The Bertz CT molecular complexity index is 254. The lowest BCUT2D eigenvalue weighted by molar-refractivity contribution is -0.134. The number of aliphatic carboxylic acids is 1. The van der Waals surface area contributed by atoms with Crippen LogP contribution >= 0.6 is 0 Å². The average Bonchev–Trinajstić information content (AvgIpc) is 2.08. The van der Waals surface area contributed by atoms with Crippen LogP contribution in [0.3, 0.4) is 0 Å². The quantitative estimate of drug-likeness (QED) is 0.593. The summed E-state index contributed by atoms with van der Waals surface area (Å²) in [4.78, 5) is 55.3. The molecule has 0 amide bonds. The third-order valence-electron chi connectivity index (χ3n) is 0. The van der Waals surface area contributed by atoms with E-state index in [0.717, 1.165) is 6.92 Å². The highest BCUT2D eigenvalue weighted by molar-refractivity contribution is 5.73. The number of ketones is 4. The SMILES string of the molecule is CC(=O)O.CC(C)=O.CC(C)=O.CC(C)=O.CC(C)=O.O=C(O)O. The minimum Gasteiger partial charge on any atom is -0.481 e. The molecular formula is C15H30O9. The van der Waals surface area contributed by atoms with Gasteiger partial charge in [-0.1, -0.05) is 0 Å². The van der Waals surface area contributed by atoms with Crippen molar-refractivity contribution in [1.82, 2.24) is 0 Å². The maximum absolute atomic E-state index is 9.44. The van der Waals surface area contributed by atoms with Gasteiger partial charge in [0, 0.05) is 6.92 Å². The number of hydrogen-bond donors (Lipinski definition) is 3. The van der Waals surface area contributed by atoms with Gasteiger partial charge in [-0.05, 0) is 55.4 Å². The lowest BCUT2D eigenvalue weighted by Gasteiger charge is -1.60. The largest absolute Gasteiger partial charge is 0.503 e. The molecule has 0 aliphatic carbocycles. The third-order valence-corrected chi connectivity index (χ3v) is 0. The second-order valence-corrected chi connectivity index (χ2v) is 4.43. The topological polar surface area (TPSA) is 163 Å². The summed E-state index contributed by atoms with van der Waals surface area (Å²) in [5.41, 5.74) is 0. The summed E-state index contributed by atoms with van der Waals surface area (Å²) in [7, 11) is 0. The summed E-state index contributed by atoms with van der Waals surface area (Å²) in [6.45, 7) is 13.3. The van der Waals surface area contributed by atoms with Crippen LogP contribution in [0.25, 0.3) is 0 Å². The van der Waals surface area contributed by atoms with Crippen molar-refractivity contribution in [2.45, 2.75) is 62.3 Å². The van der Waals surface area contributed by atoms with Crippen molar-refractivity contribution in [3.63, 3.8) is 0 Å². The van der Waals surface area contributed by atoms with E-state index in [2.05, 4.69) is 0 Å². The Morgan fingerprint density at radius 2 is 0.417 bits per heavy atom. The monoisotopic (exact) mass is 354 g/mol. The van der Waals surface area contributed by atoms with Gasteiger partial charge in [0.05, 0.1) is 0 Å². The average molecular weight is 354 g/mol. The van der Waals surface area contributed by atoms with Crippen molar-refractivity contribution in [1.29, 1.82) is 0 Å². The van der Waals surface area contributed by atoms with Gasteiger partial charge in [0.2, 0.25) is 0 Å². The van der Waals surface area contributed by atoms with Crippen LogP contribution in [0.2, 0.25) is 0 Å². The Balaban J connectivity index is -0.0000000405. The minimum atomic E-state index is -1.83. The maximum atomic E-state index is 9.44. The molecule has 0 aliphatic heterocycles. The Hall–Kier alpha value is -2.58. The van der Waals surface area contributed by atoms with E-state index >= 15 is 0 Å². The van der Waals surface area contributed by atoms with Crippen molar-refractivity contribution >= 4 is 35.3 Å². The number of carboxylic acids is 1. The lowest BCUT2D eigenvalue weighted by Crippen LogP contribution is -1.81. The maximum Gasteiger partial charge on any atom is 0.503 e. The van der Waals surface area contributed by atoms with Gasteiger partial charge < -0.3 is 34.5 Å². The molecule has 0 aromatic heterocycles. The van der Waals surface area contributed by atoms with E-state index < -0.39 is 12.1 Å². The van der Waals surface area contributed by atoms with Gasteiger partial charge in [0.25, 0.3) is 5.97 Å². The number of rotatable bonds is 0. The molecule has 0 fully saturated rings. The number of Topliss-reactive ketones (excluding diaryl/α,β-unsaturated/α-hetero) is 4. The fourth-order valence-electron chi connectivity index (χ4n) is 0. The van der Waals surface area contributed by atoms with Crippen LogP contribution in [-0.4, -0.2) is 50.6 Å². The highest BCUT2D eigenvalue weighted by atomic mass is 16.6. The molecule has 9 nitrogen and oxygen atoms in total. The molecule has 0 atom stereocenters. The first-order valence-electron chi connectivity index (χ1n) is 6.40. The molecule has 144 valence electrons. The van der Waals surface area contributed by atoms with Gasteiger partial charge in [0.15, 0.2) is 0 Å². The van der Waals surface area contributed by atoms with Crippen LogP contribution in [0, 0.1) is 0 Å². The van der Waals surface area contributed by atoms with Crippen molar-refractivity contribution in [2.75, 3.05) is 0 Å². The Morgan fingerprint density at radius 3 is 0.417 bits per heavy atom. The molecule has 0 spiro atoms. The number of carboxylic acid groups (broad SMARTS) is 3. The Labute approximate surface area is 142 Å². The standard InChI is InChI=1S/4C3H6O.C2H4O2.CH2O3/c4*1-3(2)4;1-2(3)4;2-1(3)4/h4*1-2H3;1H3,(H,3,4);(H2,2,3,4). The molecule has 0 unspecified atom stereocenters. The Kier molecular flexibility index (Phi) is 50.7. The highest BCUT2D eigenvalue weighted by Gasteiger charge is 1.70. The van der Waals surface area contributed by atoms with Crippen LogP contribution in [0.1, 0.15) is 62.3 Å². The molecular weight excluding hydrogens is 324 g/mol. The van der Waals surface area contributed by atoms with Crippen LogP contribution in [0.5, 0.6) is 0 Å². The Morgan fingerprint density at radius 1 is 0.417 bits per heavy atom. The predicted octanol–water partition coefficient (Wildman–Crippen LogP) is 2.69. The zero-order valence-electron chi connectivity index (χ0n) is 15.8. The molecule has 0 bridgehead atoms. The van der Waals surface area contributed by atoms with Crippen molar-refractivity contribution < 1.29 is 44.1 Å². The molecule has 0 aromatic rings. The molecule has 24 heavy (non-hydrogen) atoms. The summed E-state index contributed by atoms with van der Waals surface area (Å²) in [6, 6.07) is 0. The van der Waals surface area contributed by atoms with Gasteiger partial charge in [-0.3, -0.25) is 4.79 Å². The lowest BCUT2D eigenvalue weighted by atomic mass is 10.6. The van der Waals surface area contributed by atoms with Gasteiger partial charge in [-0.15, -0.1) is 0 Å². The van der Waals surface area contributed by atoms with Crippen LogP contribution in [0.15, 0.2) is 0 Å². The summed E-state index contributed by atoms with van der Waals surface area (Å²) in [5, 5.41) is 21.4. The number of hydrogen-bond acceptors (Lipinski definition) is 6.